The van der Waals surface area contributed by atoms with E-state index < -0.39 is 0 Å². The Morgan fingerprint density at radius 1 is 1.55 bits per heavy atom. The summed E-state index contributed by atoms with van der Waals surface area (Å²) < 4.78 is 0. The largest absolute Gasteiger partial charge is 0.391 e. The number of piperidine rings is 1. The molecule has 2 heterocycles. The summed E-state index contributed by atoms with van der Waals surface area (Å²) in [5.74, 6) is 0.520. The number of β-amino-alcohol motifs (C(OH)–C–C–N with tert-alkyl or cyclic N) is 1. The van der Waals surface area contributed by atoms with E-state index in [0.29, 0.717) is 12.0 Å². The topological polar surface area (TPSA) is 35.5 Å². The lowest BCUT2D eigenvalue weighted by molar-refractivity contribution is 0.0964. The van der Waals surface area contributed by atoms with Crippen LogP contribution in [0, 0.1) is 5.92 Å². The fraction of sp³-hybridized carbons (Fsp3) is 1.00. The van der Waals surface area contributed by atoms with Crippen LogP contribution >= 0.6 is 0 Å². The van der Waals surface area contributed by atoms with Crippen LogP contribution < -0.4 is 5.32 Å². The van der Waals surface area contributed by atoms with E-state index in [1.807, 2.05) is 0 Å². The molecule has 2 saturated heterocycles. The summed E-state index contributed by atoms with van der Waals surface area (Å²) in [5, 5.41) is 12.9. The number of rotatable bonds is 0. The normalized spacial score (nSPS) is 45.8. The van der Waals surface area contributed by atoms with Crippen LogP contribution in [0.15, 0.2) is 0 Å². The third-order valence-corrected chi connectivity index (χ3v) is 2.95. The lowest BCUT2D eigenvalue weighted by Crippen LogP contribution is -2.45. The van der Waals surface area contributed by atoms with E-state index in [4.69, 9.17) is 0 Å². The molecule has 3 nitrogen and oxygen atoms in total. The Morgan fingerprint density at radius 3 is 3.18 bits per heavy atom. The Morgan fingerprint density at radius 2 is 2.36 bits per heavy atom. The van der Waals surface area contributed by atoms with Crippen LogP contribution in [0.2, 0.25) is 0 Å². The van der Waals surface area contributed by atoms with Gasteiger partial charge in [-0.1, -0.05) is 0 Å². The van der Waals surface area contributed by atoms with Crippen LogP contribution in [-0.2, 0) is 0 Å². The molecular weight excluding hydrogens is 140 g/mol. The van der Waals surface area contributed by atoms with E-state index in [2.05, 4.69) is 17.3 Å². The molecule has 2 aliphatic rings. The fourth-order valence-electron chi connectivity index (χ4n) is 2.23. The Labute approximate surface area is 67.4 Å². The van der Waals surface area contributed by atoms with Crippen molar-refractivity contribution in [1.29, 1.82) is 0 Å². The molecule has 3 unspecified atom stereocenters. The van der Waals surface area contributed by atoms with Gasteiger partial charge in [0.05, 0.1) is 6.10 Å². The van der Waals surface area contributed by atoms with Gasteiger partial charge in [0.25, 0.3) is 0 Å². The van der Waals surface area contributed by atoms with Gasteiger partial charge in [0.2, 0.25) is 0 Å². The highest BCUT2D eigenvalue weighted by Crippen LogP contribution is 2.24. The van der Waals surface area contributed by atoms with Crippen molar-refractivity contribution in [3.63, 3.8) is 0 Å². The highest BCUT2D eigenvalue weighted by atomic mass is 16.3. The van der Waals surface area contributed by atoms with E-state index in [0.717, 1.165) is 26.1 Å². The van der Waals surface area contributed by atoms with Crippen molar-refractivity contribution in [3.8, 4) is 0 Å². The van der Waals surface area contributed by atoms with Gasteiger partial charge in [-0.15, -0.1) is 0 Å². The highest BCUT2D eigenvalue weighted by molar-refractivity contribution is 4.94. The number of hydrogen-bond donors (Lipinski definition) is 2. The van der Waals surface area contributed by atoms with Gasteiger partial charge in [-0.25, -0.2) is 0 Å². The van der Waals surface area contributed by atoms with E-state index in [-0.39, 0.29) is 6.10 Å². The van der Waals surface area contributed by atoms with Crippen LogP contribution in [0.3, 0.4) is 0 Å². The first-order valence-electron chi connectivity index (χ1n) is 4.37. The predicted molar refractivity (Wildman–Crippen MR) is 43.4 cm³/mol. The molecule has 2 fully saturated rings. The molecule has 0 aliphatic carbocycles. The van der Waals surface area contributed by atoms with E-state index in [1.54, 1.807) is 0 Å². The number of likely N-dealkylation sites (tertiary alicyclic amines) is 1. The van der Waals surface area contributed by atoms with Crippen LogP contribution in [0.5, 0.6) is 0 Å². The molecule has 0 aromatic carbocycles. The van der Waals surface area contributed by atoms with Gasteiger partial charge >= 0.3 is 0 Å². The number of nitrogens with one attached hydrogen (secondary N) is 1. The Balaban J connectivity index is 2.00. The monoisotopic (exact) mass is 156 g/mol. The average molecular weight is 156 g/mol. The van der Waals surface area contributed by atoms with Crippen molar-refractivity contribution in [2.24, 2.45) is 5.92 Å². The van der Waals surface area contributed by atoms with Crippen molar-refractivity contribution in [2.75, 3.05) is 26.7 Å². The maximum absolute atomic E-state index is 9.53. The minimum absolute atomic E-state index is 0.0892. The van der Waals surface area contributed by atoms with Gasteiger partial charge in [0.15, 0.2) is 0 Å². The van der Waals surface area contributed by atoms with Crippen molar-refractivity contribution in [2.45, 2.75) is 18.6 Å². The number of aliphatic hydroxyl groups excluding tert-OH is 1. The minimum atomic E-state index is -0.0892. The summed E-state index contributed by atoms with van der Waals surface area (Å²) in [4.78, 5) is 2.33. The second-order valence-electron chi connectivity index (χ2n) is 3.80. The number of fused-ring (bicyclic) bond motifs is 1. The van der Waals surface area contributed by atoms with E-state index in [9.17, 15) is 5.11 Å². The van der Waals surface area contributed by atoms with Crippen LogP contribution in [0.25, 0.3) is 0 Å². The van der Waals surface area contributed by atoms with Gasteiger partial charge in [0, 0.05) is 25.0 Å². The summed E-state index contributed by atoms with van der Waals surface area (Å²) in [6.07, 6.45) is 1.06. The van der Waals surface area contributed by atoms with Gasteiger partial charge in [0.1, 0.15) is 0 Å². The Bertz CT molecular complexity index is 151. The smallest absolute Gasteiger partial charge is 0.0708 e. The number of aliphatic hydroxyl groups is 1. The molecule has 0 aromatic heterocycles. The second-order valence-corrected chi connectivity index (χ2v) is 3.80. The molecule has 3 atom stereocenters. The number of nitrogens with zero attached hydrogens (tertiary/aromatic N) is 1. The molecule has 64 valence electrons. The zero-order valence-corrected chi connectivity index (χ0v) is 6.95. The first-order valence-corrected chi connectivity index (χ1v) is 4.37. The Kier molecular flexibility index (Phi) is 1.87. The third kappa shape index (κ3) is 1.28. The highest BCUT2D eigenvalue weighted by Gasteiger charge is 2.37. The summed E-state index contributed by atoms with van der Waals surface area (Å²) in [6, 6.07) is 0.545. The molecular formula is C8H16N2O. The third-order valence-electron chi connectivity index (χ3n) is 2.95. The molecule has 0 aromatic rings. The summed E-state index contributed by atoms with van der Waals surface area (Å²) >= 11 is 0. The molecule has 3 heteroatoms. The summed E-state index contributed by atoms with van der Waals surface area (Å²) in [7, 11) is 2.14. The van der Waals surface area contributed by atoms with Crippen molar-refractivity contribution >= 4 is 0 Å². The maximum Gasteiger partial charge on any atom is 0.0708 e. The van der Waals surface area contributed by atoms with Gasteiger partial charge < -0.3 is 15.3 Å². The lowest BCUT2D eigenvalue weighted by Gasteiger charge is -2.32. The number of likely N-dealkylation sites (N-methyl/N-ethyl adjacent to an activating group) is 1. The average Bonchev–Trinajstić information content (AvgIpc) is 2.32. The zero-order valence-electron chi connectivity index (χ0n) is 6.95. The number of hydrogen-bond acceptors (Lipinski definition) is 3. The maximum atomic E-state index is 9.53. The zero-order chi connectivity index (χ0) is 7.84. The molecule has 2 aliphatic heterocycles. The van der Waals surface area contributed by atoms with Crippen LogP contribution in [0.4, 0.5) is 0 Å². The van der Waals surface area contributed by atoms with Crippen molar-refractivity contribution < 1.29 is 5.11 Å². The van der Waals surface area contributed by atoms with Crippen molar-refractivity contribution in [3.05, 3.63) is 0 Å². The van der Waals surface area contributed by atoms with Gasteiger partial charge in [-0.3, -0.25) is 0 Å². The summed E-state index contributed by atoms with van der Waals surface area (Å²) in [5.41, 5.74) is 0. The first-order chi connectivity index (χ1) is 5.27. The molecule has 0 saturated carbocycles. The van der Waals surface area contributed by atoms with E-state index in [1.165, 1.54) is 0 Å². The summed E-state index contributed by atoms with van der Waals surface area (Å²) in [6.45, 7) is 3.03. The first kappa shape index (κ1) is 7.53. The Hall–Kier alpha value is -0.120. The quantitative estimate of drug-likeness (QED) is 0.485. The molecule has 0 amide bonds. The predicted octanol–water partition coefficient (Wildman–Crippen LogP) is -0.729. The fourth-order valence-corrected chi connectivity index (χ4v) is 2.23. The van der Waals surface area contributed by atoms with Crippen molar-refractivity contribution in [1.82, 2.24) is 10.2 Å². The van der Waals surface area contributed by atoms with E-state index >= 15 is 0 Å². The molecule has 2 N–H and O–H groups in total. The minimum Gasteiger partial charge on any atom is -0.391 e. The lowest BCUT2D eigenvalue weighted by atomic mass is 9.91. The molecule has 0 radical (unpaired) electrons. The molecule has 2 rings (SSSR count). The molecule has 11 heavy (non-hydrogen) atoms. The van der Waals surface area contributed by atoms with Gasteiger partial charge in [-0.2, -0.15) is 0 Å². The molecule has 0 spiro atoms. The SMILES string of the molecule is CN1CCC2C(O)CNC2C1. The molecule has 0 bridgehead atoms. The van der Waals surface area contributed by atoms with Gasteiger partial charge in [-0.05, 0) is 20.0 Å². The standard InChI is InChI=1S/C8H16N2O/c1-10-3-2-6-7(5-10)9-4-8(6)11/h6-9,11H,2-5H2,1H3. The second kappa shape index (κ2) is 2.73. The van der Waals surface area contributed by atoms with Crippen LogP contribution in [-0.4, -0.2) is 48.8 Å². The van der Waals surface area contributed by atoms with Crippen LogP contribution in [0.1, 0.15) is 6.42 Å².